The molecule has 0 heterocycles. The van der Waals surface area contributed by atoms with Gasteiger partial charge < -0.3 is 5.32 Å². The van der Waals surface area contributed by atoms with E-state index in [1.165, 1.54) is 24.8 Å². The van der Waals surface area contributed by atoms with Gasteiger partial charge in [-0.25, -0.2) is 0 Å². The first-order valence-electron chi connectivity index (χ1n) is 5.96. The van der Waals surface area contributed by atoms with Gasteiger partial charge in [0.25, 0.3) is 0 Å². The molecule has 0 fully saturated rings. The molecule has 1 atom stereocenters. The van der Waals surface area contributed by atoms with Gasteiger partial charge in [-0.15, -0.1) is 0 Å². The van der Waals surface area contributed by atoms with Crippen molar-refractivity contribution in [2.45, 2.75) is 39.2 Å². The van der Waals surface area contributed by atoms with Crippen molar-refractivity contribution in [3.8, 4) is 0 Å². The number of benzene rings is 1. The maximum absolute atomic E-state index is 3.39. The number of hydrogen-bond donors (Lipinski definition) is 1. The Kier molecular flexibility index (Phi) is 5.41. The molecule has 1 nitrogen and oxygen atoms in total. The highest BCUT2D eigenvalue weighted by atomic mass is 14.9. The molecule has 0 bridgehead atoms. The molecular formula is C14H23N. The third-order valence-electron chi connectivity index (χ3n) is 2.82. The molecule has 0 amide bonds. The maximum atomic E-state index is 3.39. The Morgan fingerprint density at radius 2 is 1.73 bits per heavy atom. The molecular weight excluding hydrogens is 182 g/mol. The van der Waals surface area contributed by atoms with E-state index in [4.69, 9.17) is 0 Å². The minimum absolute atomic E-state index is 0.518. The van der Waals surface area contributed by atoms with Crippen molar-refractivity contribution in [1.29, 1.82) is 0 Å². The summed E-state index contributed by atoms with van der Waals surface area (Å²) in [4.78, 5) is 0. The van der Waals surface area contributed by atoms with Gasteiger partial charge in [0.15, 0.2) is 0 Å². The molecule has 1 rings (SSSR count). The number of rotatable bonds is 6. The van der Waals surface area contributed by atoms with Crippen LogP contribution in [-0.4, -0.2) is 7.05 Å². The van der Waals surface area contributed by atoms with Gasteiger partial charge in [-0.1, -0.05) is 57.0 Å². The Hall–Kier alpha value is -0.820. The van der Waals surface area contributed by atoms with E-state index in [0.29, 0.717) is 6.04 Å². The summed E-state index contributed by atoms with van der Waals surface area (Å²) in [5.74, 6) is 0.818. The van der Waals surface area contributed by atoms with Gasteiger partial charge in [0.1, 0.15) is 0 Å². The first-order valence-corrected chi connectivity index (χ1v) is 5.96. The Morgan fingerprint density at radius 1 is 1.07 bits per heavy atom. The fraction of sp³-hybridized carbons (Fsp3) is 0.571. The third-order valence-corrected chi connectivity index (χ3v) is 2.82. The van der Waals surface area contributed by atoms with E-state index in [1.54, 1.807) is 0 Å². The van der Waals surface area contributed by atoms with Crippen molar-refractivity contribution in [3.05, 3.63) is 35.9 Å². The summed E-state index contributed by atoms with van der Waals surface area (Å²) < 4.78 is 0. The van der Waals surface area contributed by atoms with Gasteiger partial charge in [-0.3, -0.25) is 0 Å². The lowest BCUT2D eigenvalue weighted by molar-refractivity contribution is 0.470. The summed E-state index contributed by atoms with van der Waals surface area (Å²) in [7, 11) is 2.05. The summed E-state index contributed by atoms with van der Waals surface area (Å²) in [6.07, 6.45) is 3.86. The monoisotopic (exact) mass is 205 g/mol. The van der Waals surface area contributed by atoms with Gasteiger partial charge in [0, 0.05) is 6.04 Å². The molecule has 0 aliphatic rings. The molecule has 1 heteroatoms. The van der Waals surface area contributed by atoms with Gasteiger partial charge in [0.05, 0.1) is 0 Å². The fourth-order valence-corrected chi connectivity index (χ4v) is 1.89. The quantitative estimate of drug-likeness (QED) is 0.745. The van der Waals surface area contributed by atoms with Crippen LogP contribution in [0.25, 0.3) is 0 Å². The summed E-state index contributed by atoms with van der Waals surface area (Å²) in [5, 5.41) is 3.39. The van der Waals surface area contributed by atoms with Crippen molar-refractivity contribution in [1.82, 2.24) is 5.32 Å². The highest BCUT2D eigenvalue weighted by Crippen LogP contribution is 2.19. The van der Waals surface area contributed by atoms with Gasteiger partial charge >= 0.3 is 0 Å². The highest BCUT2D eigenvalue weighted by molar-refractivity contribution is 5.18. The first-order chi connectivity index (χ1) is 7.24. The normalized spacial score (nSPS) is 13.1. The topological polar surface area (TPSA) is 12.0 Å². The predicted octanol–water partition coefficient (Wildman–Crippen LogP) is 3.77. The maximum Gasteiger partial charge on any atom is 0.0317 e. The number of hydrogen-bond acceptors (Lipinski definition) is 1. The third kappa shape index (κ3) is 4.48. The Labute approximate surface area is 93.9 Å². The zero-order valence-electron chi connectivity index (χ0n) is 10.2. The van der Waals surface area contributed by atoms with Crippen LogP contribution in [0, 0.1) is 5.92 Å². The van der Waals surface area contributed by atoms with E-state index in [-0.39, 0.29) is 0 Å². The van der Waals surface area contributed by atoms with Crippen molar-refractivity contribution >= 4 is 0 Å². The summed E-state index contributed by atoms with van der Waals surface area (Å²) in [6.45, 7) is 4.58. The van der Waals surface area contributed by atoms with Crippen LogP contribution in [0.3, 0.4) is 0 Å². The van der Waals surface area contributed by atoms with Crippen LogP contribution >= 0.6 is 0 Å². The summed E-state index contributed by atoms with van der Waals surface area (Å²) >= 11 is 0. The molecule has 0 saturated heterocycles. The molecule has 1 N–H and O–H groups in total. The minimum atomic E-state index is 0.518. The average molecular weight is 205 g/mol. The van der Waals surface area contributed by atoms with E-state index in [0.717, 1.165) is 5.92 Å². The van der Waals surface area contributed by atoms with Crippen molar-refractivity contribution in [2.75, 3.05) is 7.05 Å². The molecule has 0 radical (unpaired) electrons. The van der Waals surface area contributed by atoms with E-state index < -0.39 is 0 Å². The van der Waals surface area contributed by atoms with Gasteiger partial charge in [-0.2, -0.15) is 0 Å². The summed E-state index contributed by atoms with van der Waals surface area (Å²) in [5.41, 5.74) is 1.41. The van der Waals surface area contributed by atoms with Gasteiger partial charge in [0.2, 0.25) is 0 Å². The Balaban J connectivity index is 2.43. The van der Waals surface area contributed by atoms with E-state index >= 15 is 0 Å². The van der Waals surface area contributed by atoms with Crippen LogP contribution in [-0.2, 0) is 0 Å². The minimum Gasteiger partial charge on any atom is -0.313 e. The first kappa shape index (κ1) is 12.3. The molecule has 0 spiro atoms. The molecule has 1 aromatic rings. The lowest BCUT2D eigenvalue weighted by atomic mass is 9.98. The second kappa shape index (κ2) is 6.62. The highest BCUT2D eigenvalue weighted by Gasteiger charge is 2.07. The van der Waals surface area contributed by atoms with Crippen LogP contribution in [0.5, 0.6) is 0 Å². The molecule has 0 aliphatic carbocycles. The zero-order chi connectivity index (χ0) is 11.1. The molecule has 0 saturated carbocycles. The zero-order valence-corrected chi connectivity index (χ0v) is 10.2. The van der Waals surface area contributed by atoms with Crippen molar-refractivity contribution < 1.29 is 0 Å². The second-order valence-electron chi connectivity index (χ2n) is 4.58. The van der Waals surface area contributed by atoms with Crippen molar-refractivity contribution in [2.24, 2.45) is 5.92 Å². The average Bonchev–Trinajstić information content (AvgIpc) is 2.25. The van der Waals surface area contributed by atoms with Crippen LogP contribution in [0.4, 0.5) is 0 Å². The molecule has 1 aromatic carbocycles. The molecule has 1 unspecified atom stereocenters. The van der Waals surface area contributed by atoms with Gasteiger partial charge in [-0.05, 0) is 24.9 Å². The van der Waals surface area contributed by atoms with E-state index in [1.807, 2.05) is 7.05 Å². The standard InChI is InChI=1S/C14H23N/c1-12(2)8-7-11-14(15-3)13-9-5-4-6-10-13/h4-6,9-10,12,14-15H,7-8,11H2,1-3H3. The smallest absolute Gasteiger partial charge is 0.0317 e. The Morgan fingerprint density at radius 3 is 2.27 bits per heavy atom. The molecule has 15 heavy (non-hydrogen) atoms. The molecule has 0 aliphatic heterocycles. The predicted molar refractivity (Wildman–Crippen MR) is 66.9 cm³/mol. The second-order valence-corrected chi connectivity index (χ2v) is 4.58. The van der Waals surface area contributed by atoms with Crippen molar-refractivity contribution in [3.63, 3.8) is 0 Å². The molecule has 0 aromatic heterocycles. The van der Waals surface area contributed by atoms with Crippen LogP contribution in [0.15, 0.2) is 30.3 Å². The van der Waals surface area contributed by atoms with Crippen LogP contribution in [0.2, 0.25) is 0 Å². The van der Waals surface area contributed by atoms with Crippen LogP contribution < -0.4 is 5.32 Å². The lowest BCUT2D eigenvalue weighted by Gasteiger charge is -2.17. The number of nitrogens with one attached hydrogen (secondary N) is 1. The van der Waals surface area contributed by atoms with E-state index in [9.17, 15) is 0 Å². The molecule has 84 valence electrons. The van der Waals surface area contributed by atoms with Crippen LogP contribution in [0.1, 0.15) is 44.7 Å². The SMILES string of the molecule is CNC(CCCC(C)C)c1ccccc1. The largest absolute Gasteiger partial charge is 0.313 e. The van der Waals surface area contributed by atoms with E-state index in [2.05, 4.69) is 49.5 Å². The summed E-state index contributed by atoms with van der Waals surface area (Å²) in [6, 6.07) is 11.2. The Bertz CT molecular complexity index is 253. The fourth-order valence-electron chi connectivity index (χ4n) is 1.89. The lowest BCUT2D eigenvalue weighted by Crippen LogP contribution is -2.16.